The van der Waals surface area contributed by atoms with Crippen molar-refractivity contribution in [3.05, 3.63) is 18.2 Å². The number of carbonyl (C=O) groups is 3. The number of nitrogens with one attached hydrogen (secondary N) is 3. The van der Waals surface area contributed by atoms with Crippen LogP contribution in [0.25, 0.3) is 0 Å². The SMILES string of the molecule is C#C[C@H](C(=O)NCC(F)(F)F)C1SC(CNc2cccc(NC(=O)C(C)(C)C)n2)C(=O)N1CC. The molecule has 1 aromatic heterocycles. The monoisotopic (exact) mass is 499 g/mol. The van der Waals surface area contributed by atoms with Gasteiger partial charge in [-0.3, -0.25) is 14.4 Å². The van der Waals surface area contributed by atoms with Crippen LogP contribution in [0.3, 0.4) is 0 Å². The zero-order valence-corrected chi connectivity index (χ0v) is 20.1. The van der Waals surface area contributed by atoms with Crippen LogP contribution in [0.2, 0.25) is 0 Å². The average Bonchev–Trinajstić information content (AvgIpc) is 3.05. The van der Waals surface area contributed by atoms with Crippen molar-refractivity contribution in [1.29, 1.82) is 0 Å². The highest BCUT2D eigenvalue weighted by molar-refractivity contribution is 8.01. The third kappa shape index (κ3) is 7.28. The van der Waals surface area contributed by atoms with Crippen LogP contribution < -0.4 is 16.0 Å². The highest BCUT2D eigenvalue weighted by Crippen LogP contribution is 2.36. The van der Waals surface area contributed by atoms with Crippen molar-refractivity contribution >= 4 is 41.1 Å². The van der Waals surface area contributed by atoms with E-state index in [1.807, 2.05) is 0 Å². The number of terminal acetylenes is 1. The Labute approximate surface area is 200 Å². The van der Waals surface area contributed by atoms with Gasteiger partial charge in [-0.2, -0.15) is 13.2 Å². The Morgan fingerprint density at radius 2 is 1.91 bits per heavy atom. The molecular formula is C22H28F3N5O3S. The summed E-state index contributed by atoms with van der Waals surface area (Å²) >= 11 is 1.12. The van der Waals surface area contributed by atoms with Gasteiger partial charge < -0.3 is 20.9 Å². The van der Waals surface area contributed by atoms with E-state index in [1.165, 1.54) is 4.90 Å². The van der Waals surface area contributed by atoms with Crippen molar-refractivity contribution in [2.75, 3.05) is 30.3 Å². The van der Waals surface area contributed by atoms with Crippen LogP contribution >= 0.6 is 11.8 Å². The van der Waals surface area contributed by atoms with E-state index in [0.717, 1.165) is 11.8 Å². The van der Waals surface area contributed by atoms with Crippen molar-refractivity contribution in [2.45, 2.75) is 44.5 Å². The molecule has 0 aliphatic carbocycles. The normalized spacial score (nSPS) is 19.4. The molecule has 0 radical (unpaired) electrons. The van der Waals surface area contributed by atoms with E-state index in [-0.39, 0.29) is 24.9 Å². The average molecular weight is 500 g/mol. The van der Waals surface area contributed by atoms with Gasteiger partial charge in [0.05, 0.1) is 0 Å². The molecule has 12 heteroatoms. The van der Waals surface area contributed by atoms with E-state index in [1.54, 1.807) is 51.2 Å². The molecule has 2 rings (SSSR count). The molecule has 1 fully saturated rings. The first-order chi connectivity index (χ1) is 15.8. The largest absolute Gasteiger partial charge is 0.405 e. The number of amides is 3. The third-order valence-electron chi connectivity index (χ3n) is 4.86. The number of alkyl halides is 3. The summed E-state index contributed by atoms with van der Waals surface area (Å²) in [6, 6.07) is 4.99. The minimum atomic E-state index is -4.57. The quantitative estimate of drug-likeness (QED) is 0.476. The molecule has 8 nitrogen and oxygen atoms in total. The van der Waals surface area contributed by atoms with E-state index in [4.69, 9.17) is 6.42 Å². The molecule has 186 valence electrons. The number of carbonyl (C=O) groups excluding carboxylic acids is 3. The summed E-state index contributed by atoms with van der Waals surface area (Å²) in [7, 11) is 0. The molecule has 1 aliphatic rings. The molecule has 2 unspecified atom stereocenters. The lowest BCUT2D eigenvalue weighted by atomic mass is 9.96. The molecule has 0 bridgehead atoms. The van der Waals surface area contributed by atoms with Gasteiger partial charge in [-0.15, -0.1) is 18.2 Å². The second kappa shape index (κ2) is 11.0. The van der Waals surface area contributed by atoms with E-state index >= 15 is 0 Å². The summed E-state index contributed by atoms with van der Waals surface area (Å²) in [6.07, 6.45) is 0.878. The summed E-state index contributed by atoms with van der Waals surface area (Å²) in [4.78, 5) is 43.0. The summed E-state index contributed by atoms with van der Waals surface area (Å²) < 4.78 is 37.4. The Hall–Kier alpha value is -2.94. The maximum Gasteiger partial charge on any atom is 0.405 e. The molecule has 1 aromatic rings. The van der Waals surface area contributed by atoms with Gasteiger partial charge in [0.2, 0.25) is 17.7 Å². The van der Waals surface area contributed by atoms with Crippen LogP contribution in [0.5, 0.6) is 0 Å². The summed E-state index contributed by atoms with van der Waals surface area (Å²) in [6.45, 7) is 5.90. The fourth-order valence-electron chi connectivity index (χ4n) is 3.03. The molecule has 2 heterocycles. The van der Waals surface area contributed by atoms with Gasteiger partial charge in [0, 0.05) is 18.5 Å². The Morgan fingerprint density at radius 1 is 1.26 bits per heavy atom. The highest BCUT2D eigenvalue weighted by atomic mass is 32.2. The van der Waals surface area contributed by atoms with E-state index in [0.29, 0.717) is 11.6 Å². The molecule has 1 saturated heterocycles. The van der Waals surface area contributed by atoms with Crippen LogP contribution in [0.1, 0.15) is 27.7 Å². The summed E-state index contributed by atoms with van der Waals surface area (Å²) in [5.74, 6) is 0.306. The number of aromatic nitrogens is 1. The van der Waals surface area contributed by atoms with Gasteiger partial charge >= 0.3 is 6.18 Å². The third-order valence-corrected chi connectivity index (χ3v) is 6.36. The van der Waals surface area contributed by atoms with Crippen LogP contribution in [0.4, 0.5) is 24.8 Å². The fourth-order valence-corrected chi connectivity index (χ4v) is 4.56. The summed E-state index contributed by atoms with van der Waals surface area (Å²) in [5, 5.41) is 6.12. The van der Waals surface area contributed by atoms with Gasteiger partial charge in [-0.1, -0.05) is 32.8 Å². The van der Waals surface area contributed by atoms with E-state index in [9.17, 15) is 27.6 Å². The minimum absolute atomic E-state index is 0.141. The van der Waals surface area contributed by atoms with Crippen LogP contribution in [0, 0.1) is 23.7 Å². The maximum absolute atomic E-state index is 12.9. The molecule has 1 aliphatic heterocycles. The lowest BCUT2D eigenvalue weighted by Crippen LogP contribution is -2.45. The molecule has 0 saturated carbocycles. The second-order valence-corrected chi connectivity index (χ2v) is 9.93. The number of anilines is 2. The van der Waals surface area contributed by atoms with Crippen molar-refractivity contribution < 1.29 is 27.6 Å². The topological polar surface area (TPSA) is 103 Å². The number of nitrogens with zero attached hydrogens (tertiary/aromatic N) is 2. The minimum Gasteiger partial charge on any atom is -0.368 e. The molecule has 3 N–H and O–H groups in total. The van der Waals surface area contributed by atoms with Crippen LogP contribution in [-0.2, 0) is 14.4 Å². The first-order valence-corrected chi connectivity index (χ1v) is 11.5. The number of hydrogen-bond donors (Lipinski definition) is 3. The standard InChI is InChI=1S/C22H28F3N5O3S/c1-6-13(17(31)27-12-22(23,24)25)19-30(7-2)18(32)14(34-19)11-26-15-9-8-10-16(28-15)29-20(33)21(3,4)5/h1,8-10,13-14,19H,7,11-12H2,2-5H3,(H,27,31)(H2,26,28,29,33)/t13-,14?,19?/m1/s1. The number of thioether (sulfide) groups is 1. The van der Waals surface area contributed by atoms with E-state index in [2.05, 4.69) is 21.5 Å². The Balaban J connectivity index is 2.06. The smallest absolute Gasteiger partial charge is 0.368 e. The molecule has 0 spiro atoms. The van der Waals surface area contributed by atoms with Gasteiger partial charge in [0.25, 0.3) is 0 Å². The number of rotatable bonds is 8. The lowest BCUT2D eigenvalue weighted by molar-refractivity contribution is -0.141. The predicted octanol–water partition coefficient (Wildman–Crippen LogP) is 2.70. The molecule has 34 heavy (non-hydrogen) atoms. The number of pyridine rings is 1. The first-order valence-electron chi connectivity index (χ1n) is 10.6. The lowest BCUT2D eigenvalue weighted by Gasteiger charge is -2.26. The molecule has 0 aromatic carbocycles. The van der Waals surface area contributed by atoms with Crippen molar-refractivity contribution in [1.82, 2.24) is 15.2 Å². The molecule has 3 atom stereocenters. The second-order valence-electron chi connectivity index (χ2n) is 8.61. The maximum atomic E-state index is 12.9. The zero-order valence-electron chi connectivity index (χ0n) is 19.3. The van der Waals surface area contributed by atoms with Gasteiger partial charge in [-0.25, -0.2) is 4.98 Å². The Morgan fingerprint density at radius 3 is 2.47 bits per heavy atom. The van der Waals surface area contributed by atoms with Crippen molar-refractivity contribution in [3.8, 4) is 12.3 Å². The van der Waals surface area contributed by atoms with Gasteiger partial charge in [0.1, 0.15) is 34.7 Å². The Bertz CT molecular complexity index is 958. The van der Waals surface area contributed by atoms with Gasteiger partial charge in [0.15, 0.2) is 0 Å². The highest BCUT2D eigenvalue weighted by Gasteiger charge is 2.45. The van der Waals surface area contributed by atoms with Gasteiger partial charge in [-0.05, 0) is 19.1 Å². The van der Waals surface area contributed by atoms with E-state index < -0.39 is 40.6 Å². The molecule has 3 amide bonds. The number of hydrogen-bond acceptors (Lipinski definition) is 6. The van der Waals surface area contributed by atoms with Crippen molar-refractivity contribution in [2.24, 2.45) is 11.3 Å². The Kier molecular flexibility index (Phi) is 8.83. The first kappa shape index (κ1) is 27.3. The zero-order chi connectivity index (χ0) is 25.7. The van der Waals surface area contributed by atoms with Crippen LogP contribution in [-0.4, -0.2) is 64.0 Å². The predicted molar refractivity (Wildman–Crippen MR) is 125 cm³/mol. The molecular weight excluding hydrogens is 471 g/mol. The van der Waals surface area contributed by atoms with Crippen molar-refractivity contribution in [3.63, 3.8) is 0 Å². The number of halogens is 3. The fraction of sp³-hybridized carbons (Fsp3) is 0.545. The summed E-state index contributed by atoms with van der Waals surface area (Å²) in [5.41, 5.74) is -0.601. The van der Waals surface area contributed by atoms with Crippen LogP contribution in [0.15, 0.2) is 18.2 Å².